The number of para-hydroxylation sites is 1. The number of carboxylic acids is 1. The minimum atomic E-state index is -0.956. The molecular formula is C27H23NO5. The summed E-state index contributed by atoms with van der Waals surface area (Å²) >= 11 is 0. The maximum absolute atomic E-state index is 11.0. The summed E-state index contributed by atoms with van der Waals surface area (Å²) in [6, 6.07) is 24.1. The van der Waals surface area contributed by atoms with Crippen molar-refractivity contribution in [3.63, 3.8) is 0 Å². The fraction of sp³-hybridized carbons (Fsp3) is 0.185. The third kappa shape index (κ3) is 4.52. The molecule has 0 saturated carbocycles. The first-order valence-corrected chi connectivity index (χ1v) is 10.8. The second-order valence-electron chi connectivity index (χ2n) is 8.21. The van der Waals surface area contributed by atoms with Crippen LogP contribution in [0.25, 0.3) is 10.9 Å². The van der Waals surface area contributed by atoms with Crippen molar-refractivity contribution in [2.45, 2.75) is 19.1 Å². The lowest BCUT2D eigenvalue weighted by Crippen LogP contribution is -2.27. The zero-order chi connectivity index (χ0) is 22.8. The minimum absolute atomic E-state index is 0.148. The number of benzene rings is 3. The number of nitrogens with zero attached hydrogens (tertiary/aromatic N) is 1. The summed E-state index contributed by atoms with van der Waals surface area (Å²) in [5.74, 6) is 0.183. The number of aliphatic hydroxyl groups is 1. The Hall–Kier alpha value is -3.90. The molecule has 0 fully saturated rings. The molecule has 33 heavy (non-hydrogen) atoms. The van der Waals surface area contributed by atoms with Gasteiger partial charge in [0.1, 0.15) is 18.1 Å². The van der Waals surface area contributed by atoms with Crippen molar-refractivity contribution in [2.75, 3.05) is 6.61 Å². The van der Waals surface area contributed by atoms with Gasteiger partial charge in [0.2, 0.25) is 0 Å². The van der Waals surface area contributed by atoms with Crippen molar-refractivity contribution in [1.29, 1.82) is 0 Å². The summed E-state index contributed by atoms with van der Waals surface area (Å²) in [6.07, 6.45) is -0.137. The third-order valence-electron chi connectivity index (χ3n) is 5.94. The number of carboxylic acid groups (broad SMARTS) is 1. The number of fused-ring (bicyclic) bond motifs is 2. The Bertz CT molecular complexity index is 1300. The largest absolute Gasteiger partial charge is 0.493 e. The monoisotopic (exact) mass is 441 g/mol. The van der Waals surface area contributed by atoms with E-state index in [1.54, 1.807) is 24.3 Å². The van der Waals surface area contributed by atoms with Gasteiger partial charge in [0.15, 0.2) is 0 Å². The Morgan fingerprint density at radius 1 is 1.03 bits per heavy atom. The lowest BCUT2D eigenvalue weighted by molar-refractivity contribution is 0.0504. The number of rotatable bonds is 6. The van der Waals surface area contributed by atoms with Gasteiger partial charge in [-0.3, -0.25) is 0 Å². The molecule has 6 heteroatoms. The van der Waals surface area contributed by atoms with Gasteiger partial charge in [0.25, 0.3) is 0 Å². The third-order valence-corrected chi connectivity index (χ3v) is 5.94. The standard InChI is InChI=1S/C27H23NO5/c29-26-20(13-17-5-7-19(8-6-17)27(30)31)15-33-25-12-11-22(14-23(25)26)32-16-21-10-9-18-3-1-2-4-24(18)28-21/h1-12,14,20,26,29H,13,15-16H2,(H,30,31)/t20-,26-/m0/s1. The first-order chi connectivity index (χ1) is 16.1. The van der Waals surface area contributed by atoms with Crippen LogP contribution in [0.4, 0.5) is 0 Å². The second-order valence-corrected chi connectivity index (χ2v) is 8.21. The van der Waals surface area contributed by atoms with E-state index in [0.29, 0.717) is 36.7 Å². The van der Waals surface area contributed by atoms with Gasteiger partial charge in [-0.15, -0.1) is 0 Å². The van der Waals surface area contributed by atoms with Crippen LogP contribution in [0, 0.1) is 5.92 Å². The molecule has 4 aromatic rings. The highest BCUT2D eigenvalue weighted by molar-refractivity contribution is 5.87. The van der Waals surface area contributed by atoms with E-state index in [-0.39, 0.29) is 11.5 Å². The quantitative estimate of drug-likeness (QED) is 0.447. The van der Waals surface area contributed by atoms with Gasteiger partial charge in [-0.25, -0.2) is 9.78 Å². The fourth-order valence-corrected chi connectivity index (χ4v) is 4.12. The van der Waals surface area contributed by atoms with E-state index in [1.165, 1.54) is 0 Å². The zero-order valence-corrected chi connectivity index (χ0v) is 17.8. The number of aromatic nitrogens is 1. The molecule has 166 valence electrons. The lowest BCUT2D eigenvalue weighted by atomic mass is 9.88. The molecule has 2 atom stereocenters. The van der Waals surface area contributed by atoms with Crippen LogP contribution in [0.5, 0.6) is 11.5 Å². The van der Waals surface area contributed by atoms with E-state index >= 15 is 0 Å². The highest BCUT2D eigenvalue weighted by Crippen LogP contribution is 2.39. The van der Waals surface area contributed by atoms with Crippen LogP contribution in [-0.4, -0.2) is 27.8 Å². The number of hydrogen-bond acceptors (Lipinski definition) is 5. The smallest absolute Gasteiger partial charge is 0.335 e. The molecule has 1 aromatic heterocycles. The van der Waals surface area contributed by atoms with Crippen molar-refractivity contribution in [3.05, 3.63) is 101 Å². The van der Waals surface area contributed by atoms with Crippen LogP contribution >= 0.6 is 0 Å². The van der Waals surface area contributed by atoms with E-state index in [4.69, 9.17) is 14.6 Å². The predicted octanol–water partition coefficient (Wildman–Crippen LogP) is 4.80. The average Bonchev–Trinajstić information content (AvgIpc) is 2.85. The molecule has 0 saturated heterocycles. The maximum atomic E-state index is 11.0. The Kier molecular flexibility index (Phi) is 5.67. The second kappa shape index (κ2) is 8.92. The van der Waals surface area contributed by atoms with Crippen LogP contribution in [0.1, 0.15) is 33.3 Å². The Labute approximate surface area is 191 Å². The molecule has 2 heterocycles. The molecule has 3 aromatic carbocycles. The van der Waals surface area contributed by atoms with Gasteiger partial charge < -0.3 is 19.7 Å². The van der Waals surface area contributed by atoms with Gasteiger partial charge in [0, 0.05) is 16.9 Å². The predicted molar refractivity (Wildman–Crippen MR) is 124 cm³/mol. The Morgan fingerprint density at radius 3 is 2.67 bits per heavy atom. The molecular weight excluding hydrogens is 418 g/mol. The van der Waals surface area contributed by atoms with Gasteiger partial charge in [-0.05, 0) is 54.4 Å². The fourth-order valence-electron chi connectivity index (χ4n) is 4.12. The number of aliphatic hydroxyl groups excluding tert-OH is 1. The van der Waals surface area contributed by atoms with Crippen molar-refractivity contribution < 1.29 is 24.5 Å². The molecule has 0 spiro atoms. The van der Waals surface area contributed by atoms with Gasteiger partial charge >= 0.3 is 5.97 Å². The summed E-state index contributed by atoms with van der Waals surface area (Å²) in [6.45, 7) is 0.704. The Morgan fingerprint density at radius 2 is 1.85 bits per heavy atom. The van der Waals surface area contributed by atoms with Crippen LogP contribution in [-0.2, 0) is 13.0 Å². The minimum Gasteiger partial charge on any atom is -0.493 e. The van der Waals surface area contributed by atoms with Crippen molar-refractivity contribution in [3.8, 4) is 11.5 Å². The van der Waals surface area contributed by atoms with Crippen molar-refractivity contribution >= 4 is 16.9 Å². The summed E-state index contributed by atoms with van der Waals surface area (Å²) in [5, 5.41) is 21.2. The average molecular weight is 441 g/mol. The molecule has 1 aliphatic heterocycles. The van der Waals surface area contributed by atoms with E-state index in [0.717, 1.165) is 22.2 Å². The van der Waals surface area contributed by atoms with Crippen LogP contribution < -0.4 is 9.47 Å². The maximum Gasteiger partial charge on any atom is 0.335 e. The number of ether oxygens (including phenoxy) is 2. The van der Waals surface area contributed by atoms with E-state index in [1.807, 2.05) is 54.6 Å². The summed E-state index contributed by atoms with van der Waals surface area (Å²) < 4.78 is 11.8. The molecule has 5 rings (SSSR count). The molecule has 0 amide bonds. The van der Waals surface area contributed by atoms with Crippen molar-refractivity contribution in [2.24, 2.45) is 5.92 Å². The zero-order valence-electron chi connectivity index (χ0n) is 17.8. The molecule has 0 radical (unpaired) electrons. The molecule has 1 aliphatic rings. The summed E-state index contributed by atoms with van der Waals surface area (Å²) in [4.78, 5) is 15.7. The normalized spacial score (nSPS) is 17.2. The highest BCUT2D eigenvalue weighted by Gasteiger charge is 2.30. The molecule has 0 unspecified atom stereocenters. The molecule has 6 nitrogen and oxygen atoms in total. The van der Waals surface area contributed by atoms with E-state index in [9.17, 15) is 9.90 Å². The molecule has 0 aliphatic carbocycles. The number of pyridine rings is 1. The number of aromatic carboxylic acids is 1. The van der Waals surface area contributed by atoms with E-state index < -0.39 is 12.1 Å². The van der Waals surface area contributed by atoms with Gasteiger partial charge in [0.05, 0.1) is 29.5 Å². The summed E-state index contributed by atoms with van der Waals surface area (Å²) in [7, 11) is 0. The van der Waals surface area contributed by atoms with Gasteiger partial charge in [-0.2, -0.15) is 0 Å². The van der Waals surface area contributed by atoms with Crippen LogP contribution in [0.2, 0.25) is 0 Å². The van der Waals surface area contributed by atoms with Crippen LogP contribution in [0.3, 0.4) is 0 Å². The topological polar surface area (TPSA) is 88.9 Å². The first-order valence-electron chi connectivity index (χ1n) is 10.8. The van der Waals surface area contributed by atoms with Gasteiger partial charge in [-0.1, -0.05) is 36.4 Å². The molecule has 0 bridgehead atoms. The van der Waals surface area contributed by atoms with Crippen LogP contribution in [0.15, 0.2) is 78.9 Å². The van der Waals surface area contributed by atoms with E-state index in [2.05, 4.69) is 4.98 Å². The SMILES string of the molecule is O=C(O)c1ccc(C[C@H]2COc3ccc(OCc4ccc5ccccc5n4)cc3[C@H]2O)cc1. The Balaban J connectivity index is 1.28. The number of carbonyl (C=O) groups is 1. The lowest BCUT2D eigenvalue weighted by Gasteiger charge is -2.30. The summed E-state index contributed by atoms with van der Waals surface area (Å²) in [5.41, 5.74) is 3.63. The number of hydrogen-bond donors (Lipinski definition) is 2. The molecule has 2 N–H and O–H groups in total. The van der Waals surface area contributed by atoms with Crippen molar-refractivity contribution in [1.82, 2.24) is 4.98 Å². The first kappa shape index (κ1) is 21.0. The highest BCUT2D eigenvalue weighted by atomic mass is 16.5.